The number of hydrogen-bond acceptors (Lipinski definition) is 3. The average molecular weight is 187 g/mol. The number of likely N-dealkylation sites (tertiary alicyclic amines) is 1. The van der Waals surface area contributed by atoms with Crippen LogP contribution >= 0.6 is 0 Å². The monoisotopic (exact) mass is 187 g/mol. The Kier molecular flexibility index (Phi) is 3.69. The summed E-state index contributed by atoms with van der Waals surface area (Å²) in [4.78, 5) is 12.8. The van der Waals surface area contributed by atoms with Crippen LogP contribution in [-0.2, 0) is 4.79 Å². The zero-order chi connectivity index (χ0) is 9.84. The molecule has 1 rings (SSSR count). The fourth-order valence-electron chi connectivity index (χ4n) is 1.88. The van der Waals surface area contributed by atoms with Gasteiger partial charge in [-0.3, -0.25) is 9.69 Å². The maximum atomic E-state index is 10.8. The van der Waals surface area contributed by atoms with Gasteiger partial charge in [0.15, 0.2) is 0 Å². The Bertz CT molecular complexity index is 184. The first kappa shape index (κ1) is 10.5. The molecule has 1 saturated heterocycles. The van der Waals surface area contributed by atoms with Crippen molar-refractivity contribution in [1.29, 1.82) is 0 Å². The maximum absolute atomic E-state index is 10.8. The van der Waals surface area contributed by atoms with Crippen LogP contribution in [0, 0.1) is 5.92 Å². The second-order valence-corrected chi connectivity index (χ2v) is 3.59. The van der Waals surface area contributed by atoms with Crippen LogP contribution in [-0.4, -0.2) is 46.8 Å². The third kappa shape index (κ3) is 2.42. The number of carbonyl (C=O) groups is 1. The lowest BCUT2D eigenvalue weighted by molar-refractivity contribution is -0.143. The van der Waals surface area contributed by atoms with E-state index >= 15 is 0 Å². The number of aliphatic carboxylic acids is 1. The van der Waals surface area contributed by atoms with Crippen molar-refractivity contribution in [3.8, 4) is 0 Å². The Morgan fingerprint density at radius 1 is 1.69 bits per heavy atom. The van der Waals surface area contributed by atoms with Crippen molar-refractivity contribution >= 4 is 5.97 Å². The predicted octanol–water partition coefficient (Wildman–Crippen LogP) is 0.164. The van der Waals surface area contributed by atoms with Gasteiger partial charge in [0.05, 0.1) is 0 Å². The van der Waals surface area contributed by atoms with Crippen molar-refractivity contribution in [2.24, 2.45) is 5.92 Å². The first-order chi connectivity index (χ1) is 6.19. The van der Waals surface area contributed by atoms with Gasteiger partial charge in [-0.1, -0.05) is 6.92 Å². The molecule has 4 heteroatoms. The van der Waals surface area contributed by atoms with Gasteiger partial charge >= 0.3 is 5.97 Å². The minimum Gasteiger partial charge on any atom is -0.480 e. The Balaban J connectivity index is 2.48. The molecule has 76 valence electrons. The first-order valence-corrected chi connectivity index (χ1v) is 4.76. The SMILES string of the molecule is CC[C@H](C(=O)O)N1CC[C@H](CO)C1. The van der Waals surface area contributed by atoms with E-state index in [1.54, 1.807) is 0 Å². The van der Waals surface area contributed by atoms with E-state index in [-0.39, 0.29) is 18.6 Å². The normalized spacial score (nSPS) is 26.2. The van der Waals surface area contributed by atoms with E-state index < -0.39 is 5.97 Å². The van der Waals surface area contributed by atoms with Crippen molar-refractivity contribution in [2.45, 2.75) is 25.8 Å². The van der Waals surface area contributed by atoms with E-state index in [0.717, 1.165) is 19.5 Å². The minimum absolute atomic E-state index is 0.173. The van der Waals surface area contributed by atoms with E-state index in [1.165, 1.54) is 0 Å². The Morgan fingerprint density at radius 2 is 2.38 bits per heavy atom. The van der Waals surface area contributed by atoms with Gasteiger partial charge in [0.2, 0.25) is 0 Å². The van der Waals surface area contributed by atoms with Crippen LogP contribution < -0.4 is 0 Å². The molecule has 2 N–H and O–H groups in total. The average Bonchev–Trinajstić information content (AvgIpc) is 2.53. The number of hydrogen-bond donors (Lipinski definition) is 2. The number of nitrogens with zero attached hydrogens (tertiary/aromatic N) is 1. The molecule has 1 aliphatic rings. The number of rotatable bonds is 4. The van der Waals surface area contributed by atoms with E-state index in [1.807, 2.05) is 11.8 Å². The molecule has 0 aromatic carbocycles. The maximum Gasteiger partial charge on any atom is 0.320 e. The van der Waals surface area contributed by atoms with Gasteiger partial charge in [0.25, 0.3) is 0 Å². The molecule has 4 nitrogen and oxygen atoms in total. The Morgan fingerprint density at radius 3 is 2.77 bits per heavy atom. The second-order valence-electron chi connectivity index (χ2n) is 3.59. The molecule has 1 heterocycles. The summed E-state index contributed by atoms with van der Waals surface area (Å²) in [5.41, 5.74) is 0. The fourth-order valence-corrected chi connectivity index (χ4v) is 1.88. The lowest BCUT2D eigenvalue weighted by atomic mass is 10.1. The van der Waals surface area contributed by atoms with Gasteiger partial charge in [0.1, 0.15) is 6.04 Å². The highest BCUT2D eigenvalue weighted by Crippen LogP contribution is 2.19. The largest absolute Gasteiger partial charge is 0.480 e. The summed E-state index contributed by atoms with van der Waals surface area (Å²) in [6.45, 7) is 3.58. The molecule has 13 heavy (non-hydrogen) atoms. The van der Waals surface area contributed by atoms with Gasteiger partial charge in [-0.25, -0.2) is 0 Å². The molecule has 0 unspecified atom stereocenters. The van der Waals surface area contributed by atoms with Crippen LogP contribution in [0.2, 0.25) is 0 Å². The van der Waals surface area contributed by atoms with Crippen molar-refractivity contribution in [1.82, 2.24) is 4.90 Å². The topological polar surface area (TPSA) is 60.8 Å². The molecule has 0 aliphatic carbocycles. The summed E-state index contributed by atoms with van der Waals surface area (Å²) >= 11 is 0. The predicted molar refractivity (Wildman–Crippen MR) is 48.5 cm³/mol. The van der Waals surface area contributed by atoms with Gasteiger partial charge < -0.3 is 10.2 Å². The molecule has 0 aromatic heterocycles. The molecule has 0 aromatic rings. The molecule has 0 saturated carbocycles. The summed E-state index contributed by atoms with van der Waals surface area (Å²) in [6.07, 6.45) is 1.55. The number of aliphatic hydroxyl groups excluding tert-OH is 1. The van der Waals surface area contributed by atoms with Crippen LogP contribution in [0.3, 0.4) is 0 Å². The highest BCUT2D eigenvalue weighted by molar-refractivity contribution is 5.73. The molecular formula is C9H17NO3. The minimum atomic E-state index is -0.749. The molecule has 1 aliphatic heterocycles. The van der Waals surface area contributed by atoms with E-state index in [2.05, 4.69) is 0 Å². The smallest absolute Gasteiger partial charge is 0.320 e. The van der Waals surface area contributed by atoms with Gasteiger partial charge in [-0.2, -0.15) is 0 Å². The zero-order valence-electron chi connectivity index (χ0n) is 7.94. The van der Waals surface area contributed by atoms with Crippen LogP contribution in [0.25, 0.3) is 0 Å². The summed E-state index contributed by atoms with van der Waals surface area (Å²) < 4.78 is 0. The molecule has 0 radical (unpaired) electrons. The summed E-state index contributed by atoms with van der Waals surface area (Å²) in [7, 11) is 0. The van der Waals surface area contributed by atoms with Crippen molar-refractivity contribution in [3.05, 3.63) is 0 Å². The Labute approximate surface area is 78.2 Å². The first-order valence-electron chi connectivity index (χ1n) is 4.76. The third-order valence-electron chi connectivity index (χ3n) is 2.69. The van der Waals surface area contributed by atoms with Gasteiger partial charge in [0, 0.05) is 13.2 Å². The Hall–Kier alpha value is -0.610. The second kappa shape index (κ2) is 4.58. The van der Waals surface area contributed by atoms with Gasteiger partial charge in [-0.05, 0) is 25.3 Å². The molecule has 0 spiro atoms. The van der Waals surface area contributed by atoms with Gasteiger partial charge in [-0.15, -0.1) is 0 Å². The quantitative estimate of drug-likeness (QED) is 0.658. The summed E-state index contributed by atoms with van der Waals surface area (Å²) in [6, 6.07) is -0.364. The lowest BCUT2D eigenvalue weighted by Crippen LogP contribution is -2.39. The molecule has 2 atom stereocenters. The molecule has 0 bridgehead atoms. The lowest BCUT2D eigenvalue weighted by Gasteiger charge is -2.22. The molecule has 1 fully saturated rings. The van der Waals surface area contributed by atoms with Crippen LogP contribution in [0.5, 0.6) is 0 Å². The zero-order valence-corrected chi connectivity index (χ0v) is 7.94. The summed E-state index contributed by atoms with van der Waals surface area (Å²) in [5, 5.41) is 17.8. The van der Waals surface area contributed by atoms with Crippen LogP contribution in [0.4, 0.5) is 0 Å². The van der Waals surface area contributed by atoms with E-state index in [4.69, 9.17) is 10.2 Å². The van der Waals surface area contributed by atoms with Crippen LogP contribution in [0.1, 0.15) is 19.8 Å². The third-order valence-corrected chi connectivity index (χ3v) is 2.69. The van der Waals surface area contributed by atoms with Crippen molar-refractivity contribution < 1.29 is 15.0 Å². The highest BCUT2D eigenvalue weighted by Gasteiger charge is 2.30. The molecule has 0 amide bonds. The summed E-state index contributed by atoms with van der Waals surface area (Å²) in [5.74, 6) is -0.477. The van der Waals surface area contributed by atoms with Crippen LogP contribution in [0.15, 0.2) is 0 Å². The standard InChI is InChI=1S/C9H17NO3/c1-2-8(9(12)13)10-4-3-7(5-10)6-11/h7-8,11H,2-6H2,1H3,(H,12,13)/t7-,8+/m0/s1. The van der Waals surface area contributed by atoms with Crippen molar-refractivity contribution in [3.63, 3.8) is 0 Å². The highest BCUT2D eigenvalue weighted by atomic mass is 16.4. The number of carboxylic acid groups (broad SMARTS) is 1. The fraction of sp³-hybridized carbons (Fsp3) is 0.889. The van der Waals surface area contributed by atoms with E-state index in [0.29, 0.717) is 6.42 Å². The number of carboxylic acids is 1. The molecular weight excluding hydrogens is 170 g/mol. The number of aliphatic hydroxyl groups is 1. The van der Waals surface area contributed by atoms with E-state index in [9.17, 15) is 4.79 Å². The van der Waals surface area contributed by atoms with Crippen molar-refractivity contribution in [2.75, 3.05) is 19.7 Å².